The van der Waals surface area contributed by atoms with Gasteiger partial charge in [-0.05, 0) is 51.7 Å². The Kier molecular flexibility index (Phi) is 4.52. The van der Waals surface area contributed by atoms with Crippen LogP contribution in [0.3, 0.4) is 0 Å². The molecule has 2 rings (SSSR count). The zero-order valence-corrected chi connectivity index (χ0v) is 13.3. The van der Waals surface area contributed by atoms with Crippen molar-refractivity contribution < 1.29 is 9.53 Å². The fourth-order valence-electron chi connectivity index (χ4n) is 2.49. The van der Waals surface area contributed by atoms with E-state index in [1.54, 1.807) is 4.90 Å². The van der Waals surface area contributed by atoms with Gasteiger partial charge in [-0.25, -0.2) is 4.79 Å². The number of nitrogens with two attached hydrogens (primary N) is 1. The molecular formula is C16H25N3O2. The summed E-state index contributed by atoms with van der Waals surface area (Å²) in [6.07, 6.45) is 2.46. The predicted molar refractivity (Wildman–Crippen MR) is 81.8 cm³/mol. The highest BCUT2D eigenvalue weighted by Gasteiger charge is 2.33. The maximum absolute atomic E-state index is 12.1. The quantitative estimate of drug-likeness (QED) is 0.909. The van der Waals surface area contributed by atoms with Crippen molar-refractivity contribution in [2.24, 2.45) is 11.7 Å². The molecule has 2 N–H and O–H groups in total. The standard InChI is InChI=1S/C16H25N3O2/c1-11-5-6-13(18-9-11)14(17)12-7-8-19(10-12)15(20)21-16(2,3)4/h5-6,9,12,14H,7-8,10,17H2,1-4H3/t12-,14?/m0/s1. The van der Waals surface area contributed by atoms with E-state index in [1.807, 2.05) is 46.0 Å². The normalized spacial score (nSPS) is 20.4. The molecule has 0 saturated carbocycles. The van der Waals surface area contributed by atoms with Crippen molar-refractivity contribution in [3.63, 3.8) is 0 Å². The number of hydrogen-bond acceptors (Lipinski definition) is 4. The maximum atomic E-state index is 12.1. The number of likely N-dealkylation sites (tertiary alicyclic amines) is 1. The van der Waals surface area contributed by atoms with Gasteiger partial charge in [-0.3, -0.25) is 4.98 Å². The van der Waals surface area contributed by atoms with Crippen LogP contribution in [0.5, 0.6) is 0 Å². The van der Waals surface area contributed by atoms with Crippen LogP contribution in [-0.4, -0.2) is 34.7 Å². The molecule has 1 amide bonds. The molecule has 21 heavy (non-hydrogen) atoms. The van der Waals surface area contributed by atoms with Crippen LogP contribution in [0.25, 0.3) is 0 Å². The van der Waals surface area contributed by atoms with Crippen LogP contribution in [0.2, 0.25) is 0 Å². The van der Waals surface area contributed by atoms with Crippen LogP contribution >= 0.6 is 0 Å². The lowest BCUT2D eigenvalue weighted by molar-refractivity contribution is 0.0286. The molecule has 5 nitrogen and oxygen atoms in total. The third-order valence-electron chi connectivity index (χ3n) is 3.66. The zero-order valence-electron chi connectivity index (χ0n) is 13.3. The average Bonchev–Trinajstić information content (AvgIpc) is 2.86. The molecular weight excluding hydrogens is 266 g/mol. The van der Waals surface area contributed by atoms with Crippen molar-refractivity contribution in [1.82, 2.24) is 9.88 Å². The second-order valence-electron chi connectivity index (χ2n) is 6.76. The van der Waals surface area contributed by atoms with Crippen molar-refractivity contribution in [2.45, 2.75) is 45.8 Å². The van der Waals surface area contributed by atoms with Crippen molar-refractivity contribution in [2.75, 3.05) is 13.1 Å². The highest BCUT2D eigenvalue weighted by Crippen LogP contribution is 2.28. The Hall–Kier alpha value is -1.62. The molecule has 116 valence electrons. The van der Waals surface area contributed by atoms with Gasteiger partial charge in [0.2, 0.25) is 0 Å². The number of rotatable bonds is 2. The first-order valence-corrected chi connectivity index (χ1v) is 7.42. The average molecular weight is 291 g/mol. The first-order valence-electron chi connectivity index (χ1n) is 7.42. The van der Waals surface area contributed by atoms with E-state index in [-0.39, 0.29) is 18.1 Å². The van der Waals surface area contributed by atoms with Crippen LogP contribution in [-0.2, 0) is 4.74 Å². The second-order valence-corrected chi connectivity index (χ2v) is 6.76. The van der Waals surface area contributed by atoms with E-state index < -0.39 is 5.60 Å². The Balaban J connectivity index is 1.95. The largest absolute Gasteiger partial charge is 0.444 e. The van der Waals surface area contributed by atoms with E-state index in [9.17, 15) is 4.79 Å². The topological polar surface area (TPSA) is 68.5 Å². The molecule has 1 unspecified atom stereocenters. The van der Waals surface area contributed by atoms with Crippen LogP contribution < -0.4 is 5.73 Å². The third kappa shape index (κ3) is 4.17. The molecule has 0 bridgehead atoms. The summed E-state index contributed by atoms with van der Waals surface area (Å²) in [4.78, 5) is 18.2. The molecule has 1 saturated heterocycles. The number of aryl methyl sites for hydroxylation is 1. The van der Waals surface area contributed by atoms with Gasteiger partial charge in [-0.2, -0.15) is 0 Å². The molecule has 1 aromatic heterocycles. The van der Waals surface area contributed by atoms with Crippen LogP contribution in [0, 0.1) is 12.8 Å². The van der Waals surface area contributed by atoms with E-state index in [0.717, 1.165) is 17.7 Å². The van der Waals surface area contributed by atoms with Gasteiger partial charge in [0.1, 0.15) is 5.60 Å². The summed E-state index contributed by atoms with van der Waals surface area (Å²) < 4.78 is 5.40. The molecule has 0 radical (unpaired) electrons. The Bertz CT molecular complexity index is 493. The van der Waals surface area contributed by atoms with Crippen LogP contribution in [0.4, 0.5) is 4.79 Å². The van der Waals surface area contributed by atoms with Gasteiger partial charge in [-0.15, -0.1) is 0 Å². The van der Waals surface area contributed by atoms with E-state index in [2.05, 4.69) is 4.98 Å². The summed E-state index contributed by atoms with van der Waals surface area (Å²) >= 11 is 0. The molecule has 1 aliphatic heterocycles. The van der Waals surface area contributed by atoms with Gasteiger partial charge in [0.15, 0.2) is 0 Å². The van der Waals surface area contributed by atoms with Gasteiger partial charge in [0, 0.05) is 19.3 Å². The summed E-state index contributed by atoms with van der Waals surface area (Å²) in [6.45, 7) is 8.95. The fourth-order valence-corrected chi connectivity index (χ4v) is 2.49. The SMILES string of the molecule is Cc1ccc(C(N)[C@H]2CCN(C(=O)OC(C)(C)C)C2)nc1. The van der Waals surface area contributed by atoms with Crippen molar-refractivity contribution in [3.05, 3.63) is 29.6 Å². The monoisotopic (exact) mass is 291 g/mol. The number of carbonyl (C=O) groups is 1. The van der Waals surface area contributed by atoms with Crippen LogP contribution in [0.1, 0.15) is 44.5 Å². The molecule has 1 fully saturated rings. The summed E-state index contributed by atoms with van der Waals surface area (Å²) in [7, 11) is 0. The van der Waals surface area contributed by atoms with E-state index >= 15 is 0 Å². The van der Waals surface area contributed by atoms with Crippen molar-refractivity contribution >= 4 is 6.09 Å². The fraction of sp³-hybridized carbons (Fsp3) is 0.625. The Morgan fingerprint density at radius 1 is 1.48 bits per heavy atom. The minimum absolute atomic E-state index is 0.141. The van der Waals surface area contributed by atoms with E-state index in [1.165, 1.54) is 0 Å². The summed E-state index contributed by atoms with van der Waals surface area (Å²) in [6, 6.07) is 3.84. The van der Waals surface area contributed by atoms with Gasteiger partial charge in [0.05, 0.1) is 11.7 Å². The van der Waals surface area contributed by atoms with Gasteiger partial charge in [0.25, 0.3) is 0 Å². The number of amides is 1. The molecule has 2 heterocycles. The lowest BCUT2D eigenvalue weighted by Gasteiger charge is -2.25. The molecule has 1 aliphatic rings. The Morgan fingerprint density at radius 2 is 2.19 bits per heavy atom. The maximum Gasteiger partial charge on any atom is 0.410 e. The minimum Gasteiger partial charge on any atom is -0.444 e. The summed E-state index contributed by atoms with van der Waals surface area (Å²) in [5, 5.41) is 0. The predicted octanol–water partition coefficient (Wildman–Crippen LogP) is 2.65. The van der Waals surface area contributed by atoms with Gasteiger partial charge in [-0.1, -0.05) is 6.07 Å². The van der Waals surface area contributed by atoms with Gasteiger partial charge >= 0.3 is 6.09 Å². The zero-order chi connectivity index (χ0) is 15.6. The highest BCUT2D eigenvalue weighted by atomic mass is 16.6. The summed E-state index contributed by atoms with van der Waals surface area (Å²) in [5.74, 6) is 0.229. The molecule has 0 aromatic carbocycles. The summed E-state index contributed by atoms with van der Waals surface area (Å²) in [5.41, 5.74) is 7.84. The lowest BCUT2D eigenvalue weighted by Crippen LogP contribution is -2.36. The molecule has 2 atom stereocenters. The first-order chi connectivity index (χ1) is 9.76. The molecule has 1 aromatic rings. The van der Waals surface area contributed by atoms with Gasteiger partial charge < -0.3 is 15.4 Å². The smallest absolute Gasteiger partial charge is 0.410 e. The Morgan fingerprint density at radius 3 is 2.76 bits per heavy atom. The molecule has 5 heteroatoms. The number of carbonyl (C=O) groups excluding carboxylic acids is 1. The van der Waals surface area contributed by atoms with E-state index in [4.69, 9.17) is 10.5 Å². The van der Waals surface area contributed by atoms with Crippen LogP contribution in [0.15, 0.2) is 18.3 Å². The lowest BCUT2D eigenvalue weighted by atomic mass is 9.96. The number of pyridine rings is 1. The number of ether oxygens (including phenoxy) is 1. The highest BCUT2D eigenvalue weighted by molar-refractivity contribution is 5.68. The molecule has 0 aliphatic carbocycles. The number of hydrogen-bond donors (Lipinski definition) is 1. The number of aromatic nitrogens is 1. The molecule has 0 spiro atoms. The second kappa shape index (κ2) is 6.02. The minimum atomic E-state index is -0.463. The Labute approximate surface area is 126 Å². The third-order valence-corrected chi connectivity index (χ3v) is 3.66. The van der Waals surface area contributed by atoms with Crippen molar-refractivity contribution in [3.8, 4) is 0 Å². The van der Waals surface area contributed by atoms with Crippen molar-refractivity contribution in [1.29, 1.82) is 0 Å². The first kappa shape index (κ1) is 15.8. The van der Waals surface area contributed by atoms with E-state index in [0.29, 0.717) is 13.1 Å². The number of nitrogens with zero attached hydrogens (tertiary/aromatic N) is 2.